The second kappa shape index (κ2) is 5.25. The minimum Gasteiger partial charge on any atom is -0.398 e. The highest BCUT2D eigenvalue weighted by molar-refractivity contribution is 5.97. The Balaban J connectivity index is 1.70. The third-order valence-electron chi connectivity index (χ3n) is 4.48. The van der Waals surface area contributed by atoms with Crippen molar-refractivity contribution in [3.63, 3.8) is 0 Å². The Kier molecular flexibility index (Phi) is 3.44. The summed E-state index contributed by atoms with van der Waals surface area (Å²) in [5, 5.41) is 10.4. The van der Waals surface area contributed by atoms with Crippen molar-refractivity contribution in [3.05, 3.63) is 29.3 Å². The van der Waals surface area contributed by atoms with E-state index in [-0.39, 0.29) is 11.9 Å². The van der Waals surface area contributed by atoms with Crippen LogP contribution < -0.4 is 11.1 Å². The molecule has 0 spiro atoms. The van der Waals surface area contributed by atoms with Crippen molar-refractivity contribution in [2.75, 3.05) is 25.4 Å². The zero-order valence-corrected chi connectivity index (χ0v) is 11.4. The Morgan fingerprint density at radius 3 is 2.70 bits per heavy atom. The number of hydrogen-bond donors (Lipinski definition) is 3. The average molecular weight is 272 g/mol. The van der Waals surface area contributed by atoms with Gasteiger partial charge in [-0.3, -0.25) is 4.79 Å². The third-order valence-corrected chi connectivity index (χ3v) is 4.48. The summed E-state index contributed by atoms with van der Waals surface area (Å²) in [4.78, 5) is 14.7. The van der Waals surface area contributed by atoms with Gasteiger partial charge in [-0.25, -0.2) is 0 Å². The Hall–Kier alpha value is -1.88. The van der Waals surface area contributed by atoms with Crippen LogP contribution in [0.5, 0.6) is 0 Å². The molecule has 1 aromatic rings. The van der Waals surface area contributed by atoms with Crippen LogP contribution in [0.25, 0.3) is 0 Å². The lowest BCUT2D eigenvalue weighted by Gasteiger charge is -2.44. The highest BCUT2D eigenvalue weighted by Gasteiger charge is 2.34. The van der Waals surface area contributed by atoms with Gasteiger partial charge in [0.2, 0.25) is 0 Å². The first-order valence-corrected chi connectivity index (χ1v) is 7.10. The number of hydrogen-bond acceptors (Lipinski definition) is 4. The molecule has 0 unspecified atom stereocenters. The van der Waals surface area contributed by atoms with Crippen LogP contribution in [0.15, 0.2) is 18.2 Å². The zero-order valence-electron chi connectivity index (χ0n) is 11.4. The fraction of sp³-hybridized carbons (Fsp3) is 0.467. The smallest absolute Gasteiger partial charge is 0.251 e. The van der Waals surface area contributed by atoms with E-state index in [1.54, 1.807) is 18.2 Å². The minimum atomic E-state index is -0.0630. The van der Waals surface area contributed by atoms with Gasteiger partial charge in [-0.2, -0.15) is 0 Å². The maximum Gasteiger partial charge on any atom is 0.251 e. The van der Waals surface area contributed by atoms with Gasteiger partial charge in [0.05, 0.1) is 0 Å². The molecule has 1 aromatic carbocycles. The molecule has 1 amide bonds. The van der Waals surface area contributed by atoms with Gasteiger partial charge < -0.3 is 21.4 Å². The molecule has 0 radical (unpaired) electrons. The molecule has 4 rings (SSSR count). The quantitative estimate of drug-likeness (QED) is 0.569. The van der Waals surface area contributed by atoms with E-state index in [1.165, 1.54) is 19.1 Å². The molecule has 106 valence electrons. The highest BCUT2D eigenvalue weighted by Crippen LogP contribution is 2.27. The number of nitrogen functional groups attached to an aromatic ring is 1. The molecule has 0 aliphatic carbocycles. The number of nitrogens with one attached hydrogen (secondary N) is 2. The van der Waals surface area contributed by atoms with Crippen molar-refractivity contribution in [1.29, 1.82) is 5.41 Å². The summed E-state index contributed by atoms with van der Waals surface area (Å²) < 4.78 is 0. The number of fused-ring (bicyclic) bond motifs is 3. The lowest BCUT2D eigenvalue weighted by molar-refractivity contribution is 0.0620. The number of carbonyl (C=O) groups is 1. The molecule has 1 atom stereocenters. The second-order valence-electron chi connectivity index (χ2n) is 5.71. The first-order chi connectivity index (χ1) is 9.67. The van der Waals surface area contributed by atoms with E-state index >= 15 is 0 Å². The summed E-state index contributed by atoms with van der Waals surface area (Å²) in [6.45, 7) is 3.29. The number of nitrogens with zero attached hydrogens (tertiary/aromatic N) is 1. The van der Waals surface area contributed by atoms with E-state index in [4.69, 9.17) is 11.1 Å². The molecule has 3 fully saturated rings. The molecular formula is C15H20N4O. The molecule has 0 saturated carbocycles. The van der Waals surface area contributed by atoms with Crippen LogP contribution in [0.2, 0.25) is 0 Å². The molecule has 20 heavy (non-hydrogen) atoms. The average Bonchev–Trinajstić information content (AvgIpc) is 2.48. The monoisotopic (exact) mass is 272 g/mol. The molecule has 3 aliphatic rings. The number of carbonyl (C=O) groups excluding carboxylic acids is 1. The maximum atomic E-state index is 12.3. The van der Waals surface area contributed by atoms with E-state index < -0.39 is 0 Å². The Morgan fingerprint density at radius 1 is 1.40 bits per heavy atom. The summed E-state index contributed by atoms with van der Waals surface area (Å²) in [6.07, 6.45) is 3.56. The Bertz CT molecular complexity index is 535. The summed E-state index contributed by atoms with van der Waals surface area (Å²) in [6, 6.07) is 5.35. The Morgan fingerprint density at radius 2 is 2.15 bits per heavy atom. The van der Waals surface area contributed by atoms with Gasteiger partial charge >= 0.3 is 0 Å². The van der Waals surface area contributed by atoms with Gasteiger partial charge in [-0.05, 0) is 44.0 Å². The van der Waals surface area contributed by atoms with Crippen molar-refractivity contribution in [1.82, 2.24) is 10.2 Å². The Labute approximate surface area is 118 Å². The highest BCUT2D eigenvalue weighted by atomic mass is 16.1. The summed E-state index contributed by atoms with van der Waals surface area (Å²) >= 11 is 0. The number of piperidine rings is 3. The number of benzene rings is 1. The lowest BCUT2D eigenvalue weighted by atomic mass is 9.84. The molecule has 3 heterocycles. The maximum absolute atomic E-state index is 12.3. The van der Waals surface area contributed by atoms with Crippen molar-refractivity contribution >= 4 is 17.8 Å². The van der Waals surface area contributed by atoms with Crippen molar-refractivity contribution in [3.8, 4) is 0 Å². The normalized spacial score (nSPS) is 28.1. The van der Waals surface area contributed by atoms with E-state index in [2.05, 4.69) is 10.2 Å². The van der Waals surface area contributed by atoms with E-state index in [0.717, 1.165) is 19.6 Å². The van der Waals surface area contributed by atoms with Gasteiger partial charge in [-0.1, -0.05) is 6.07 Å². The van der Waals surface area contributed by atoms with Crippen LogP contribution in [-0.4, -0.2) is 42.7 Å². The van der Waals surface area contributed by atoms with Crippen LogP contribution >= 0.6 is 0 Å². The van der Waals surface area contributed by atoms with Crippen LogP contribution in [0.1, 0.15) is 28.8 Å². The molecule has 0 aromatic heterocycles. The molecule has 2 bridgehead atoms. The van der Waals surface area contributed by atoms with Gasteiger partial charge in [0, 0.05) is 35.6 Å². The molecule has 3 aliphatic heterocycles. The molecule has 4 N–H and O–H groups in total. The standard InChI is InChI=1S/C15H20N4O/c16-8-12-2-1-11(7-13(12)17)15(20)18-14-9-19-5-3-10(14)4-6-19/h1-2,7-8,10,14,16H,3-6,9,17H2,(H,18,20)/t14-/m0/s1. The van der Waals surface area contributed by atoms with E-state index in [1.807, 2.05) is 0 Å². The van der Waals surface area contributed by atoms with Crippen molar-refractivity contribution < 1.29 is 4.79 Å². The van der Waals surface area contributed by atoms with Gasteiger partial charge in [0.25, 0.3) is 5.91 Å². The molecule has 5 heteroatoms. The SMILES string of the molecule is N=Cc1ccc(C(=O)N[C@H]2CN3CCC2CC3)cc1N. The molecular weight excluding hydrogens is 252 g/mol. The van der Waals surface area contributed by atoms with Crippen LogP contribution in [0, 0.1) is 11.3 Å². The third kappa shape index (κ3) is 2.41. The summed E-state index contributed by atoms with van der Waals surface area (Å²) in [5.41, 5.74) is 7.51. The first kappa shape index (κ1) is 13.1. The van der Waals surface area contributed by atoms with E-state index in [9.17, 15) is 4.79 Å². The summed E-state index contributed by atoms with van der Waals surface area (Å²) in [5.74, 6) is 0.550. The van der Waals surface area contributed by atoms with Gasteiger partial charge in [0.15, 0.2) is 0 Å². The van der Waals surface area contributed by atoms with Crippen molar-refractivity contribution in [2.45, 2.75) is 18.9 Å². The first-order valence-electron chi connectivity index (χ1n) is 7.10. The fourth-order valence-electron chi connectivity index (χ4n) is 3.23. The number of rotatable bonds is 3. The number of nitrogens with two attached hydrogens (primary N) is 1. The minimum absolute atomic E-state index is 0.0630. The van der Waals surface area contributed by atoms with Crippen molar-refractivity contribution in [2.24, 2.45) is 5.92 Å². The summed E-state index contributed by atoms with van der Waals surface area (Å²) in [7, 11) is 0. The van der Waals surface area contributed by atoms with Crippen LogP contribution in [0.4, 0.5) is 5.69 Å². The largest absolute Gasteiger partial charge is 0.398 e. The molecule has 5 nitrogen and oxygen atoms in total. The van der Waals surface area contributed by atoms with Crippen LogP contribution in [-0.2, 0) is 0 Å². The topological polar surface area (TPSA) is 82.2 Å². The zero-order chi connectivity index (χ0) is 14.1. The van der Waals surface area contributed by atoms with Gasteiger partial charge in [0.1, 0.15) is 0 Å². The fourth-order valence-corrected chi connectivity index (χ4v) is 3.23. The lowest BCUT2D eigenvalue weighted by Crippen LogP contribution is -2.57. The molecule has 3 saturated heterocycles. The predicted molar refractivity (Wildman–Crippen MR) is 79.2 cm³/mol. The second-order valence-corrected chi connectivity index (χ2v) is 5.71. The number of anilines is 1. The predicted octanol–water partition coefficient (Wildman–Crippen LogP) is 1.09. The van der Waals surface area contributed by atoms with E-state index in [0.29, 0.717) is 22.7 Å². The number of amides is 1. The van der Waals surface area contributed by atoms with Gasteiger partial charge in [-0.15, -0.1) is 0 Å². The van der Waals surface area contributed by atoms with Crippen LogP contribution in [0.3, 0.4) is 0 Å².